The third-order valence-electron chi connectivity index (χ3n) is 4.48. The van der Waals surface area contributed by atoms with Crippen LogP contribution in [0, 0.1) is 0 Å². The van der Waals surface area contributed by atoms with Crippen LogP contribution < -0.4 is 15.8 Å². The fourth-order valence-corrected chi connectivity index (χ4v) is 3.04. The van der Waals surface area contributed by atoms with Gasteiger partial charge in [0.25, 0.3) is 0 Å². The molecule has 3 aromatic rings. The SMILES string of the molecule is NC(=O)Oc1cc(CCCC(=O)Nc2ccc(CO)nc2)ccc1-c1ccccc1. The van der Waals surface area contributed by atoms with E-state index >= 15 is 0 Å². The number of benzene rings is 2. The monoisotopic (exact) mass is 405 g/mol. The molecule has 2 amide bonds. The van der Waals surface area contributed by atoms with Crippen LogP contribution in [-0.2, 0) is 17.8 Å². The Balaban J connectivity index is 1.60. The summed E-state index contributed by atoms with van der Waals surface area (Å²) in [5.41, 5.74) is 8.97. The van der Waals surface area contributed by atoms with Gasteiger partial charge in [0.1, 0.15) is 5.75 Å². The van der Waals surface area contributed by atoms with Gasteiger partial charge in [-0.05, 0) is 42.2 Å². The third kappa shape index (κ3) is 5.89. The standard InChI is InChI=1S/C23H23N3O4/c24-23(29)30-21-13-16(9-12-20(21)17-6-2-1-3-7-17)5-4-8-22(28)26-18-10-11-19(15-27)25-14-18/h1-3,6-7,9-14,27H,4-5,8,15H2,(H2,24,29)(H,26,28). The first-order chi connectivity index (χ1) is 14.5. The van der Waals surface area contributed by atoms with E-state index in [2.05, 4.69) is 10.3 Å². The Kier molecular flexibility index (Phi) is 7.13. The molecule has 0 spiro atoms. The molecule has 7 heteroatoms. The van der Waals surface area contributed by atoms with Crippen molar-refractivity contribution in [3.05, 3.63) is 78.1 Å². The Morgan fingerprint density at radius 1 is 1.07 bits per heavy atom. The first-order valence-electron chi connectivity index (χ1n) is 9.56. The summed E-state index contributed by atoms with van der Waals surface area (Å²) in [6.45, 7) is -0.140. The second kappa shape index (κ2) is 10.2. The average Bonchev–Trinajstić information content (AvgIpc) is 2.75. The second-order valence-corrected chi connectivity index (χ2v) is 6.72. The molecule has 1 aromatic heterocycles. The molecule has 0 fully saturated rings. The molecule has 7 nitrogen and oxygen atoms in total. The average molecular weight is 405 g/mol. The zero-order chi connectivity index (χ0) is 21.3. The second-order valence-electron chi connectivity index (χ2n) is 6.72. The molecule has 0 aliphatic rings. The Hall–Kier alpha value is -3.71. The number of carbonyl (C=O) groups is 2. The van der Waals surface area contributed by atoms with Gasteiger partial charge in [0.2, 0.25) is 5.91 Å². The summed E-state index contributed by atoms with van der Waals surface area (Å²) >= 11 is 0. The van der Waals surface area contributed by atoms with Crippen LogP contribution in [0.5, 0.6) is 5.75 Å². The topological polar surface area (TPSA) is 115 Å². The summed E-state index contributed by atoms with van der Waals surface area (Å²) in [6.07, 6.45) is 2.23. The lowest BCUT2D eigenvalue weighted by molar-refractivity contribution is -0.116. The molecule has 0 aliphatic carbocycles. The summed E-state index contributed by atoms with van der Waals surface area (Å²) < 4.78 is 5.20. The van der Waals surface area contributed by atoms with Gasteiger partial charge in [-0.1, -0.05) is 42.5 Å². The quantitative estimate of drug-likeness (QED) is 0.529. The van der Waals surface area contributed by atoms with E-state index in [0.717, 1.165) is 16.7 Å². The fourth-order valence-electron chi connectivity index (χ4n) is 3.04. The van der Waals surface area contributed by atoms with Gasteiger partial charge >= 0.3 is 6.09 Å². The number of aliphatic hydroxyl groups excluding tert-OH is 1. The lowest BCUT2D eigenvalue weighted by Crippen LogP contribution is -2.16. The number of nitrogens with zero attached hydrogens (tertiary/aromatic N) is 1. The number of nitrogens with one attached hydrogen (secondary N) is 1. The van der Waals surface area contributed by atoms with Crippen LogP contribution in [0.15, 0.2) is 66.9 Å². The van der Waals surface area contributed by atoms with Gasteiger partial charge < -0.3 is 20.9 Å². The molecule has 0 saturated heterocycles. The number of hydrogen-bond acceptors (Lipinski definition) is 5. The summed E-state index contributed by atoms with van der Waals surface area (Å²) in [5.74, 6) is 0.272. The molecule has 0 radical (unpaired) electrons. The zero-order valence-electron chi connectivity index (χ0n) is 16.4. The minimum absolute atomic E-state index is 0.122. The molecular formula is C23H23N3O4. The molecule has 0 atom stereocenters. The van der Waals surface area contributed by atoms with Gasteiger partial charge in [-0.2, -0.15) is 0 Å². The number of pyridine rings is 1. The first kappa shape index (κ1) is 21.0. The van der Waals surface area contributed by atoms with Crippen molar-refractivity contribution in [3.8, 4) is 16.9 Å². The van der Waals surface area contributed by atoms with Crippen LogP contribution in [0.2, 0.25) is 0 Å². The van der Waals surface area contributed by atoms with Gasteiger partial charge in [-0.15, -0.1) is 0 Å². The number of aromatic nitrogens is 1. The molecule has 0 aliphatic heterocycles. The number of rotatable bonds is 8. The van der Waals surface area contributed by atoms with Crippen molar-refractivity contribution in [3.63, 3.8) is 0 Å². The molecule has 4 N–H and O–H groups in total. The van der Waals surface area contributed by atoms with Crippen molar-refractivity contribution >= 4 is 17.7 Å². The van der Waals surface area contributed by atoms with Crippen LogP contribution in [0.25, 0.3) is 11.1 Å². The number of anilines is 1. The summed E-state index contributed by atoms with van der Waals surface area (Å²) in [5, 5.41) is 11.8. The highest BCUT2D eigenvalue weighted by molar-refractivity contribution is 5.90. The van der Waals surface area contributed by atoms with Gasteiger partial charge in [0.15, 0.2) is 0 Å². The highest BCUT2D eigenvalue weighted by atomic mass is 16.5. The van der Waals surface area contributed by atoms with E-state index in [0.29, 0.717) is 36.4 Å². The van der Waals surface area contributed by atoms with Crippen molar-refractivity contribution in [2.75, 3.05) is 5.32 Å². The van der Waals surface area contributed by atoms with E-state index in [4.69, 9.17) is 15.6 Å². The summed E-state index contributed by atoms with van der Waals surface area (Å²) in [6, 6.07) is 18.5. The minimum atomic E-state index is -0.871. The third-order valence-corrected chi connectivity index (χ3v) is 4.48. The highest BCUT2D eigenvalue weighted by Gasteiger charge is 2.11. The molecule has 0 unspecified atom stereocenters. The molecule has 30 heavy (non-hydrogen) atoms. The number of carbonyl (C=O) groups excluding carboxylic acids is 2. The number of aliphatic hydroxyl groups is 1. The van der Waals surface area contributed by atoms with Gasteiger partial charge in [-0.25, -0.2) is 4.79 Å². The van der Waals surface area contributed by atoms with E-state index in [-0.39, 0.29) is 12.5 Å². The number of ether oxygens (including phenoxy) is 1. The van der Waals surface area contributed by atoms with Crippen LogP contribution in [0.1, 0.15) is 24.1 Å². The molecule has 2 aromatic carbocycles. The zero-order valence-corrected chi connectivity index (χ0v) is 16.4. The molecule has 0 bridgehead atoms. The molecule has 1 heterocycles. The van der Waals surface area contributed by atoms with Crippen LogP contribution in [0.3, 0.4) is 0 Å². The highest BCUT2D eigenvalue weighted by Crippen LogP contribution is 2.31. The van der Waals surface area contributed by atoms with Gasteiger partial charge in [0.05, 0.1) is 24.2 Å². The van der Waals surface area contributed by atoms with E-state index in [1.165, 1.54) is 6.20 Å². The summed E-state index contributed by atoms with van der Waals surface area (Å²) in [7, 11) is 0. The van der Waals surface area contributed by atoms with E-state index in [1.807, 2.05) is 42.5 Å². The van der Waals surface area contributed by atoms with Crippen molar-refractivity contribution in [2.45, 2.75) is 25.9 Å². The molecule has 154 valence electrons. The molecular weight excluding hydrogens is 382 g/mol. The Bertz CT molecular complexity index is 1000. The number of hydrogen-bond donors (Lipinski definition) is 3. The number of aryl methyl sites for hydroxylation is 1. The van der Waals surface area contributed by atoms with E-state index < -0.39 is 6.09 Å². The smallest absolute Gasteiger partial charge is 0.409 e. The predicted octanol–water partition coefficient (Wildman–Crippen LogP) is 3.66. The Morgan fingerprint density at radius 3 is 2.53 bits per heavy atom. The Morgan fingerprint density at radius 2 is 1.87 bits per heavy atom. The maximum absolute atomic E-state index is 12.1. The predicted molar refractivity (Wildman–Crippen MR) is 114 cm³/mol. The number of primary amides is 1. The van der Waals surface area contributed by atoms with Crippen molar-refractivity contribution < 1.29 is 19.4 Å². The number of amides is 2. The van der Waals surface area contributed by atoms with Crippen LogP contribution in [0.4, 0.5) is 10.5 Å². The van der Waals surface area contributed by atoms with Crippen LogP contribution in [-0.4, -0.2) is 22.1 Å². The fraction of sp³-hybridized carbons (Fsp3) is 0.174. The van der Waals surface area contributed by atoms with Gasteiger partial charge in [-0.3, -0.25) is 9.78 Å². The van der Waals surface area contributed by atoms with Crippen LogP contribution >= 0.6 is 0 Å². The van der Waals surface area contributed by atoms with Crippen molar-refractivity contribution in [1.29, 1.82) is 0 Å². The first-order valence-corrected chi connectivity index (χ1v) is 9.56. The molecule has 3 rings (SSSR count). The Labute approximate surface area is 174 Å². The van der Waals surface area contributed by atoms with Crippen molar-refractivity contribution in [1.82, 2.24) is 4.98 Å². The van der Waals surface area contributed by atoms with E-state index in [1.54, 1.807) is 18.2 Å². The maximum Gasteiger partial charge on any atom is 0.409 e. The lowest BCUT2D eigenvalue weighted by Gasteiger charge is -2.11. The largest absolute Gasteiger partial charge is 0.410 e. The minimum Gasteiger partial charge on any atom is -0.410 e. The lowest BCUT2D eigenvalue weighted by atomic mass is 10.00. The normalized spacial score (nSPS) is 10.4. The van der Waals surface area contributed by atoms with Gasteiger partial charge in [0, 0.05) is 12.0 Å². The summed E-state index contributed by atoms with van der Waals surface area (Å²) in [4.78, 5) is 27.5. The number of nitrogens with two attached hydrogens (primary N) is 1. The molecule has 0 saturated carbocycles. The maximum atomic E-state index is 12.1. The van der Waals surface area contributed by atoms with E-state index in [9.17, 15) is 9.59 Å². The van der Waals surface area contributed by atoms with Crippen molar-refractivity contribution in [2.24, 2.45) is 5.73 Å².